The van der Waals surface area contributed by atoms with Gasteiger partial charge >= 0.3 is 5.97 Å². The minimum absolute atomic E-state index is 0.319. The van der Waals surface area contributed by atoms with Gasteiger partial charge in [0.2, 0.25) is 0 Å². The average Bonchev–Trinajstić information content (AvgIpc) is 2.59. The molecule has 0 radical (unpaired) electrons. The number of carboxylic acids is 1. The van der Waals surface area contributed by atoms with Gasteiger partial charge < -0.3 is 14.6 Å². The lowest BCUT2D eigenvalue weighted by atomic mass is 10.1. The van der Waals surface area contributed by atoms with Gasteiger partial charge in [0.1, 0.15) is 36.4 Å². The van der Waals surface area contributed by atoms with E-state index in [1.54, 1.807) is 54.6 Å². The highest BCUT2D eigenvalue weighted by molar-refractivity contribution is 6.30. The molecule has 0 aliphatic rings. The van der Waals surface area contributed by atoms with E-state index < -0.39 is 5.97 Å². The molecule has 0 saturated heterocycles. The molecule has 0 spiro atoms. The lowest BCUT2D eigenvalue weighted by Crippen LogP contribution is -2.08. The third-order valence-electron chi connectivity index (χ3n) is 2.98. The summed E-state index contributed by atoms with van der Waals surface area (Å²) in [5, 5.41) is 18.2. The summed E-state index contributed by atoms with van der Waals surface area (Å²) in [6, 6.07) is 15.4. The number of carboxylic acid groups (broad SMARTS) is 1. The second kappa shape index (κ2) is 8.61. The third-order valence-corrected chi connectivity index (χ3v) is 3.23. The number of rotatable bonds is 7. The first-order chi connectivity index (χ1) is 11.6. The van der Waals surface area contributed by atoms with E-state index in [2.05, 4.69) is 0 Å². The normalized spacial score (nSPS) is 10.8. The van der Waals surface area contributed by atoms with Crippen LogP contribution in [0.1, 0.15) is 5.56 Å². The van der Waals surface area contributed by atoms with Gasteiger partial charge in [-0.15, -0.1) is 0 Å². The Bertz CT molecular complexity index is 761. The second-order valence-electron chi connectivity index (χ2n) is 4.69. The van der Waals surface area contributed by atoms with Gasteiger partial charge in [-0.25, -0.2) is 4.79 Å². The highest BCUT2D eigenvalue weighted by Crippen LogP contribution is 2.16. The predicted molar refractivity (Wildman–Crippen MR) is 90.1 cm³/mol. The number of hydrogen-bond acceptors (Lipinski definition) is 4. The maximum Gasteiger partial charge on any atom is 0.346 e. The molecule has 0 saturated carbocycles. The van der Waals surface area contributed by atoms with Crippen LogP contribution < -0.4 is 9.47 Å². The van der Waals surface area contributed by atoms with Crippen molar-refractivity contribution in [2.75, 3.05) is 13.2 Å². The van der Waals surface area contributed by atoms with E-state index in [0.717, 1.165) is 0 Å². The van der Waals surface area contributed by atoms with E-state index in [1.165, 1.54) is 6.08 Å². The number of nitriles is 1. The summed E-state index contributed by atoms with van der Waals surface area (Å²) in [6.07, 6.45) is 1.30. The maximum atomic E-state index is 10.8. The molecule has 2 aromatic carbocycles. The van der Waals surface area contributed by atoms with Crippen molar-refractivity contribution in [3.63, 3.8) is 0 Å². The van der Waals surface area contributed by atoms with Crippen LogP contribution in [0.4, 0.5) is 0 Å². The second-order valence-corrected chi connectivity index (χ2v) is 5.13. The van der Waals surface area contributed by atoms with Crippen LogP contribution in [-0.4, -0.2) is 24.3 Å². The summed E-state index contributed by atoms with van der Waals surface area (Å²) in [5.41, 5.74) is 0.291. The molecular weight excluding hydrogens is 330 g/mol. The van der Waals surface area contributed by atoms with Crippen molar-refractivity contribution in [3.8, 4) is 17.6 Å². The lowest BCUT2D eigenvalue weighted by Gasteiger charge is -2.08. The van der Waals surface area contributed by atoms with Crippen LogP contribution in [0.3, 0.4) is 0 Å². The SMILES string of the molecule is N#CC(=Cc1ccc(OCCOc2ccc(Cl)cc2)cc1)C(=O)O. The molecule has 6 heteroatoms. The molecule has 0 amide bonds. The summed E-state index contributed by atoms with van der Waals surface area (Å²) >= 11 is 5.79. The van der Waals surface area contributed by atoms with Gasteiger partial charge in [0.15, 0.2) is 0 Å². The summed E-state index contributed by atoms with van der Waals surface area (Å²) in [4.78, 5) is 10.8. The Labute approximate surface area is 144 Å². The van der Waals surface area contributed by atoms with E-state index in [4.69, 9.17) is 31.4 Å². The largest absolute Gasteiger partial charge is 0.490 e. The molecule has 0 aromatic heterocycles. The first-order valence-electron chi connectivity index (χ1n) is 7.05. The molecule has 0 unspecified atom stereocenters. The minimum Gasteiger partial charge on any atom is -0.490 e. The standard InChI is InChI=1S/C18H14ClNO4/c19-15-3-7-17(8-4-15)24-10-9-23-16-5-1-13(2-6-16)11-14(12-20)18(21)22/h1-8,11H,9-10H2,(H,21,22). The number of nitrogens with zero attached hydrogens (tertiary/aromatic N) is 1. The summed E-state index contributed by atoms with van der Waals surface area (Å²) in [7, 11) is 0. The molecular formula is C18H14ClNO4. The van der Waals surface area contributed by atoms with Crippen molar-refractivity contribution < 1.29 is 19.4 Å². The first kappa shape index (κ1) is 17.4. The Hall–Kier alpha value is -2.97. The lowest BCUT2D eigenvalue weighted by molar-refractivity contribution is -0.132. The summed E-state index contributed by atoms with van der Waals surface area (Å²) < 4.78 is 11.0. The van der Waals surface area contributed by atoms with Gasteiger partial charge in [-0.1, -0.05) is 23.7 Å². The fourth-order valence-electron chi connectivity index (χ4n) is 1.82. The van der Waals surface area contributed by atoms with E-state index in [9.17, 15) is 4.79 Å². The molecule has 5 nitrogen and oxygen atoms in total. The monoisotopic (exact) mass is 343 g/mol. The van der Waals surface area contributed by atoms with E-state index >= 15 is 0 Å². The van der Waals surface area contributed by atoms with Gasteiger partial charge in [0.05, 0.1) is 0 Å². The molecule has 122 valence electrons. The zero-order chi connectivity index (χ0) is 17.4. The molecule has 0 atom stereocenters. The molecule has 0 aliphatic carbocycles. The third kappa shape index (κ3) is 5.34. The summed E-state index contributed by atoms with van der Waals surface area (Å²) in [5.74, 6) is 0.0825. The highest BCUT2D eigenvalue weighted by Gasteiger charge is 2.05. The average molecular weight is 344 g/mol. The fraction of sp³-hybridized carbons (Fsp3) is 0.111. The van der Waals surface area contributed by atoms with Crippen molar-refractivity contribution in [1.82, 2.24) is 0 Å². The number of carbonyl (C=O) groups is 1. The molecule has 1 N–H and O–H groups in total. The van der Waals surface area contributed by atoms with Crippen molar-refractivity contribution in [2.45, 2.75) is 0 Å². The van der Waals surface area contributed by atoms with Crippen LogP contribution in [0.25, 0.3) is 6.08 Å². The van der Waals surface area contributed by atoms with Crippen molar-refractivity contribution in [3.05, 3.63) is 64.7 Å². The van der Waals surface area contributed by atoms with Crippen LogP contribution in [0.15, 0.2) is 54.1 Å². The van der Waals surface area contributed by atoms with E-state index in [-0.39, 0.29) is 5.57 Å². The van der Waals surface area contributed by atoms with Crippen LogP contribution >= 0.6 is 11.6 Å². The Kier molecular flexibility index (Phi) is 6.23. The summed E-state index contributed by atoms with van der Waals surface area (Å²) in [6.45, 7) is 0.733. The fourth-order valence-corrected chi connectivity index (χ4v) is 1.94. The molecule has 0 heterocycles. The maximum absolute atomic E-state index is 10.8. The zero-order valence-electron chi connectivity index (χ0n) is 12.6. The molecule has 0 aliphatic heterocycles. The number of aliphatic carboxylic acids is 1. The van der Waals surface area contributed by atoms with Crippen LogP contribution in [0.5, 0.6) is 11.5 Å². The number of benzene rings is 2. The first-order valence-corrected chi connectivity index (χ1v) is 7.42. The van der Waals surface area contributed by atoms with Crippen LogP contribution in [0.2, 0.25) is 5.02 Å². The zero-order valence-corrected chi connectivity index (χ0v) is 13.4. The minimum atomic E-state index is -1.25. The predicted octanol–water partition coefficient (Wildman–Crippen LogP) is 3.79. The van der Waals surface area contributed by atoms with Crippen molar-refractivity contribution in [2.24, 2.45) is 0 Å². The smallest absolute Gasteiger partial charge is 0.346 e. The van der Waals surface area contributed by atoms with Gasteiger partial charge in [-0.2, -0.15) is 5.26 Å². The van der Waals surface area contributed by atoms with Crippen molar-refractivity contribution >= 4 is 23.6 Å². The Morgan fingerprint density at radius 2 is 1.54 bits per heavy atom. The van der Waals surface area contributed by atoms with E-state index in [1.807, 2.05) is 0 Å². The van der Waals surface area contributed by atoms with Gasteiger partial charge in [-0.3, -0.25) is 0 Å². The molecule has 24 heavy (non-hydrogen) atoms. The Morgan fingerprint density at radius 1 is 1.04 bits per heavy atom. The van der Waals surface area contributed by atoms with Gasteiger partial charge in [0, 0.05) is 5.02 Å². The Balaban J connectivity index is 1.83. The van der Waals surface area contributed by atoms with Gasteiger partial charge in [-0.05, 0) is 48.0 Å². The topological polar surface area (TPSA) is 79.5 Å². The van der Waals surface area contributed by atoms with Crippen LogP contribution in [-0.2, 0) is 4.79 Å². The molecule has 0 fully saturated rings. The van der Waals surface area contributed by atoms with Crippen molar-refractivity contribution in [1.29, 1.82) is 5.26 Å². The highest BCUT2D eigenvalue weighted by atomic mass is 35.5. The Morgan fingerprint density at radius 3 is 2.00 bits per heavy atom. The quantitative estimate of drug-likeness (QED) is 0.470. The molecule has 2 aromatic rings. The van der Waals surface area contributed by atoms with Crippen LogP contribution in [0, 0.1) is 11.3 Å². The van der Waals surface area contributed by atoms with E-state index in [0.29, 0.717) is 35.3 Å². The van der Waals surface area contributed by atoms with Gasteiger partial charge in [0.25, 0.3) is 0 Å². The molecule has 0 bridgehead atoms. The molecule has 2 rings (SSSR count). The number of ether oxygens (including phenoxy) is 2. The number of halogens is 1. The number of hydrogen-bond donors (Lipinski definition) is 1.